The van der Waals surface area contributed by atoms with Crippen LogP contribution < -0.4 is 14.4 Å². The fraction of sp³-hybridized carbons (Fsp3) is 0.208. The van der Waals surface area contributed by atoms with Gasteiger partial charge in [0.1, 0.15) is 5.75 Å². The minimum atomic E-state index is -3.91. The lowest BCUT2D eigenvalue weighted by Gasteiger charge is -2.35. The van der Waals surface area contributed by atoms with Gasteiger partial charge in [-0.15, -0.1) is 0 Å². The minimum Gasteiger partial charge on any atom is -0.476 e. The van der Waals surface area contributed by atoms with Crippen LogP contribution >= 0.6 is 11.6 Å². The number of aryl methyl sites for hydroxylation is 2. The standard InChI is InChI=1S/C24H23ClN2O4S/c1-15-7-10-18(11-8-15)32(29,30)27-14-23(31-22-13-16(2)9-12-21(22)27)24(28)26-20-6-4-5-19(25)17(20)3/h4-13,23H,14H2,1-3H3,(H,26,28). The Balaban J connectivity index is 1.70. The maximum atomic E-state index is 13.5. The van der Waals surface area contributed by atoms with Crippen LogP contribution in [-0.2, 0) is 14.8 Å². The topological polar surface area (TPSA) is 75.7 Å². The number of nitrogens with one attached hydrogen (secondary N) is 1. The lowest BCUT2D eigenvalue weighted by Crippen LogP contribution is -2.48. The van der Waals surface area contributed by atoms with Crippen LogP contribution in [0.25, 0.3) is 0 Å². The van der Waals surface area contributed by atoms with Crippen molar-refractivity contribution in [1.82, 2.24) is 0 Å². The van der Waals surface area contributed by atoms with Crippen molar-refractivity contribution in [2.75, 3.05) is 16.2 Å². The quantitative estimate of drug-likeness (QED) is 0.590. The zero-order valence-corrected chi connectivity index (χ0v) is 19.5. The van der Waals surface area contributed by atoms with Gasteiger partial charge >= 0.3 is 0 Å². The molecule has 1 heterocycles. The molecule has 0 bridgehead atoms. The highest BCUT2D eigenvalue weighted by Crippen LogP contribution is 2.38. The summed E-state index contributed by atoms with van der Waals surface area (Å²) < 4.78 is 34.2. The maximum Gasteiger partial charge on any atom is 0.267 e. The van der Waals surface area contributed by atoms with Crippen LogP contribution in [0.15, 0.2) is 65.6 Å². The van der Waals surface area contributed by atoms with Gasteiger partial charge in [-0.1, -0.05) is 41.4 Å². The number of benzene rings is 3. The third-order valence-corrected chi connectivity index (χ3v) is 7.62. The summed E-state index contributed by atoms with van der Waals surface area (Å²) in [7, 11) is -3.91. The lowest BCUT2D eigenvalue weighted by molar-refractivity contribution is -0.122. The molecule has 3 aromatic rings. The molecular weight excluding hydrogens is 448 g/mol. The molecule has 166 valence electrons. The predicted molar refractivity (Wildman–Crippen MR) is 126 cm³/mol. The van der Waals surface area contributed by atoms with Crippen molar-refractivity contribution in [2.24, 2.45) is 0 Å². The minimum absolute atomic E-state index is 0.154. The summed E-state index contributed by atoms with van der Waals surface area (Å²) >= 11 is 6.16. The summed E-state index contributed by atoms with van der Waals surface area (Å²) in [6.45, 7) is 5.41. The van der Waals surface area contributed by atoms with Gasteiger partial charge in [0.2, 0.25) is 0 Å². The highest BCUT2D eigenvalue weighted by atomic mass is 35.5. The average molecular weight is 471 g/mol. The van der Waals surface area contributed by atoms with E-state index in [1.54, 1.807) is 61.5 Å². The summed E-state index contributed by atoms with van der Waals surface area (Å²) in [5, 5.41) is 3.34. The van der Waals surface area contributed by atoms with Crippen LogP contribution in [0.5, 0.6) is 5.75 Å². The van der Waals surface area contributed by atoms with Gasteiger partial charge in [-0.05, 0) is 68.3 Å². The number of anilines is 2. The Morgan fingerprint density at radius 1 is 1.03 bits per heavy atom. The van der Waals surface area contributed by atoms with Crippen LogP contribution in [0.3, 0.4) is 0 Å². The van der Waals surface area contributed by atoms with E-state index in [0.29, 0.717) is 22.1 Å². The Hall–Kier alpha value is -3.03. The molecule has 8 heteroatoms. The van der Waals surface area contributed by atoms with Gasteiger partial charge in [0.15, 0.2) is 6.10 Å². The van der Waals surface area contributed by atoms with Crippen molar-refractivity contribution in [3.05, 3.63) is 82.4 Å². The van der Waals surface area contributed by atoms with E-state index in [-0.39, 0.29) is 11.4 Å². The molecule has 0 aromatic heterocycles. The predicted octanol–water partition coefficient (Wildman–Crippen LogP) is 4.86. The van der Waals surface area contributed by atoms with E-state index in [2.05, 4.69) is 5.32 Å². The molecule has 1 aliphatic rings. The number of halogens is 1. The molecular formula is C24H23ClN2O4S. The number of amides is 1. The van der Waals surface area contributed by atoms with Gasteiger partial charge in [0.25, 0.3) is 15.9 Å². The molecule has 6 nitrogen and oxygen atoms in total. The Morgan fingerprint density at radius 3 is 2.44 bits per heavy atom. The Morgan fingerprint density at radius 2 is 1.72 bits per heavy atom. The van der Waals surface area contributed by atoms with Gasteiger partial charge < -0.3 is 10.1 Å². The van der Waals surface area contributed by atoms with Crippen molar-refractivity contribution in [3.63, 3.8) is 0 Å². The number of fused-ring (bicyclic) bond motifs is 1. The van der Waals surface area contributed by atoms with Crippen molar-refractivity contribution in [1.29, 1.82) is 0 Å². The Bertz CT molecular complexity index is 1290. The zero-order valence-electron chi connectivity index (χ0n) is 17.9. The molecule has 4 rings (SSSR count). The number of carbonyl (C=O) groups excluding carboxylic acids is 1. The van der Waals surface area contributed by atoms with Crippen LogP contribution in [0, 0.1) is 20.8 Å². The van der Waals surface area contributed by atoms with E-state index in [0.717, 1.165) is 16.7 Å². The SMILES string of the molecule is Cc1ccc(S(=O)(=O)N2CC(C(=O)Nc3cccc(Cl)c3C)Oc3cc(C)ccc32)cc1. The smallest absolute Gasteiger partial charge is 0.267 e. The summed E-state index contributed by atoms with van der Waals surface area (Å²) in [5.41, 5.74) is 3.52. The number of nitrogens with zero attached hydrogens (tertiary/aromatic N) is 1. The molecule has 0 saturated heterocycles. The highest BCUT2D eigenvalue weighted by Gasteiger charge is 2.37. The number of carbonyl (C=O) groups is 1. The van der Waals surface area contributed by atoms with E-state index in [1.165, 1.54) is 4.31 Å². The van der Waals surface area contributed by atoms with Gasteiger partial charge in [0.05, 0.1) is 17.1 Å². The van der Waals surface area contributed by atoms with E-state index in [4.69, 9.17) is 16.3 Å². The number of hydrogen-bond acceptors (Lipinski definition) is 4. The van der Waals surface area contributed by atoms with Gasteiger partial charge in [-0.25, -0.2) is 8.42 Å². The maximum absolute atomic E-state index is 13.5. The first-order chi connectivity index (χ1) is 15.2. The summed E-state index contributed by atoms with van der Waals surface area (Å²) in [4.78, 5) is 13.2. The van der Waals surface area contributed by atoms with Crippen LogP contribution in [0.2, 0.25) is 5.02 Å². The average Bonchev–Trinajstić information content (AvgIpc) is 2.76. The first-order valence-corrected chi connectivity index (χ1v) is 11.9. The molecule has 1 N–H and O–H groups in total. The monoisotopic (exact) mass is 470 g/mol. The number of sulfonamides is 1. The third kappa shape index (κ3) is 4.18. The fourth-order valence-corrected chi connectivity index (χ4v) is 5.17. The molecule has 1 amide bonds. The molecule has 3 aromatic carbocycles. The van der Waals surface area contributed by atoms with E-state index >= 15 is 0 Å². The van der Waals surface area contributed by atoms with Gasteiger partial charge in [-0.3, -0.25) is 9.10 Å². The van der Waals surface area contributed by atoms with Gasteiger partial charge in [0, 0.05) is 10.7 Å². The summed E-state index contributed by atoms with van der Waals surface area (Å²) in [5.74, 6) is -0.110. The first kappa shape index (κ1) is 22.2. The summed E-state index contributed by atoms with van der Waals surface area (Å²) in [6, 6.07) is 17.1. The molecule has 0 spiro atoms. The van der Waals surface area contributed by atoms with Crippen LogP contribution in [0.1, 0.15) is 16.7 Å². The van der Waals surface area contributed by atoms with Crippen molar-refractivity contribution < 1.29 is 17.9 Å². The van der Waals surface area contributed by atoms with E-state index in [1.807, 2.05) is 19.9 Å². The number of ether oxygens (including phenoxy) is 1. The number of rotatable bonds is 4. The second-order valence-corrected chi connectivity index (χ2v) is 10.1. The second kappa shape index (κ2) is 8.48. The van der Waals surface area contributed by atoms with Crippen molar-refractivity contribution in [3.8, 4) is 5.75 Å². The van der Waals surface area contributed by atoms with E-state index in [9.17, 15) is 13.2 Å². The third-order valence-electron chi connectivity index (χ3n) is 5.41. The molecule has 1 aliphatic heterocycles. The molecule has 0 aliphatic carbocycles. The van der Waals surface area contributed by atoms with E-state index < -0.39 is 22.0 Å². The molecule has 0 radical (unpaired) electrons. The van der Waals surface area contributed by atoms with Gasteiger partial charge in [-0.2, -0.15) is 0 Å². The Kier molecular flexibility index (Phi) is 5.88. The van der Waals surface area contributed by atoms with Crippen molar-refractivity contribution in [2.45, 2.75) is 31.8 Å². The van der Waals surface area contributed by atoms with Crippen LogP contribution in [-0.4, -0.2) is 27.0 Å². The fourth-order valence-electron chi connectivity index (χ4n) is 3.52. The first-order valence-electron chi connectivity index (χ1n) is 10.1. The highest BCUT2D eigenvalue weighted by molar-refractivity contribution is 7.92. The second-order valence-electron chi connectivity index (χ2n) is 7.83. The zero-order chi connectivity index (χ0) is 23.0. The summed E-state index contributed by atoms with van der Waals surface area (Å²) in [6.07, 6.45) is -1.04. The van der Waals surface area contributed by atoms with Crippen molar-refractivity contribution >= 4 is 38.9 Å². The molecule has 1 unspecified atom stereocenters. The Labute approximate surface area is 192 Å². The lowest BCUT2D eigenvalue weighted by atomic mass is 10.1. The molecule has 0 fully saturated rings. The molecule has 32 heavy (non-hydrogen) atoms. The van der Waals surface area contributed by atoms with Crippen LogP contribution in [0.4, 0.5) is 11.4 Å². The molecule has 0 saturated carbocycles. The largest absolute Gasteiger partial charge is 0.476 e. The normalized spacial score (nSPS) is 15.6. The number of hydrogen-bond donors (Lipinski definition) is 1. The molecule has 1 atom stereocenters.